The van der Waals surface area contributed by atoms with Gasteiger partial charge in [0.15, 0.2) is 4.96 Å². The number of halogens is 3. The zero-order valence-electron chi connectivity index (χ0n) is 13.9. The molecule has 0 aliphatic carbocycles. The molecule has 0 radical (unpaired) electrons. The molecule has 4 aromatic rings. The summed E-state index contributed by atoms with van der Waals surface area (Å²) in [4.78, 5) is 17.6. The Bertz CT molecular complexity index is 1090. The van der Waals surface area contributed by atoms with Gasteiger partial charge in [-0.05, 0) is 12.1 Å². The van der Waals surface area contributed by atoms with Gasteiger partial charge in [-0.2, -0.15) is 0 Å². The number of thiazole rings is 1. The van der Waals surface area contributed by atoms with Crippen LogP contribution in [0.1, 0.15) is 5.69 Å². The minimum absolute atomic E-state index is 0. The summed E-state index contributed by atoms with van der Waals surface area (Å²) in [6.45, 7) is 0. The van der Waals surface area contributed by atoms with Gasteiger partial charge in [-0.1, -0.05) is 30.3 Å². The topological polar surface area (TPSA) is 46.4 Å². The molecule has 0 aliphatic rings. The average molecular weight is 406 g/mol. The highest BCUT2D eigenvalue weighted by atomic mass is 35.5. The van der Waals surface area contributed by atoms with E-state index >= 15 is 0 Å². The first-order valence-corrected chi connectivity index (χ1v) is 8.74. The first-order chi connectivity index (χ1) is 12.6. The summed E-state index contributed by atoms with van der Waals surface area (Å²) in [7, 11) is 0. The van der Waals surface area contributed by atoms with Crippen molar-refractivity contribution in [3.63, 3.8) is 0 Å². The van der Waals surface area contributed by atoms with E-state index in [1.165, 1.54) is 17.4 Å². The zero-order valence-corrected chi connectivity index (χ0v) is 15.5. The second-order valence-corrected chi connectivity index (χ2v) is 6.56. The van der Waals surface area contributed by atoms with Crippen LogP contribution in [0.3, 0.4) is 0 Å². The number of carbonyl (C=O) groups excluding carboxylic acids is 1. The number of hydrogen-bond acceptors (Lipinski definition) is 3. The third-order valence-corrected chi connectivity index (χ3v) is 4.79. The van der Waals surface area contributed by atoms with Gasteiger partial charge in [0.2, 0.25) is 5.91 Å². The fraction of sp³-hybridized carbons (Fsp3) is 0.0526. The van der Waals surface area contributed by atoms with Crippen LogP contribution in [0.4, 0.5) is 14.5 Å². The summed E-state index contributed by atoms with van der Waals surface area (Å²) in [5.74, 6) is -1.88. The molecule has 0 unspecified atom stereocenters. The second kappa shape index (κ2) is 7.85. The Morgan fingerprint density at radius 1 is 1.15 bits per heavy atom. The smallest absolute Gasteiger partial charge is 0.230 e. The molecule has 4 rings (SSSR count). The third-order valence-electron chi connectivity index (χ3n) is 3.90. The van der Waals surface area contributed by atoms with Crippen molar-refractivity contribution in [3.05, 3.63) is 77.4 Å². The van der Waals surface area contributed by atoms with Crippen LogP contribution in [0.25, 0.3) is 16.2 Å². The van der Waals surface area contributed by atoms with Crippen LogP contribution in [0.15, 0.2) is 60.1 Å². The number of rotatable bonds is 4. The molecule has 0 fully saturated rings. The molecule has 0 spiro atoms. The van der Waals surface area contributed by atoms with E-state index in [2.05, 4.69) is 10.3 Å². The van der Waals surface area contributed by atoms with Crippen LogP contribution in [0.2, 0.25) is 0 Å². The summed E-state index contributed by atoms with van der Waals surface area (Å²) < 4.78 is 28.5. The van der Waals surface area contributed by atoms with Gasteiger partial charge in [-0.3, -0.25) is 9.20 Å². The average Bonchev–Trinajstić information content (AvgIpc) is 3.20. The van der Waals surface area contributed by atoms with Crippen molar-refractivity contribution >= 4 is 40.3 Å². The lowest BCUT2D eigenvalue weighted by atomic mass is 10.2. The number of fused-ring (bicyclic) bond motifs is 1. The lowest BCUT2D eigenvalue weighted by Gasteiger charge is -2.06. The van der Waals surface area contributed by atoms with E-state index < -0.39 is 11.6 Å². The predicted octanol–water partition coefficient (Wildman–Crippen LogP) is 4.94. The molecule has 2 heterocycles. The molecular weight excluding hydrogens is 392 g/mol. The number of nitrogens with zero attached hydrogens (tertiary/aromatic N) is 2. The first-order valence-electron chi connectivity index (χ1n) is 7.86. The monoisotopic (exact) mass is 405 g/mol. The Labute approximate surface area is 163 Å². The van der Waals surface area contributed by atoms with Gasteiger partial charge in [-0.15, -0.1) is 23.7 Å². The predicted molar refractivity (Wildman–Crippen MR) is 104 cm³/mol. The second-order valence-electron chi connectivity index (χ2n) is 5.72. The van der Waals surface area contributed by atoms with Crippen molar-refractivity contribution in [1.29, 1.82) is 0 Å². The highest BCUT2D eigenvalue weighted by Crippen LogP contribution is 2.24. The van der Waals surface area contributed by atoms with E-state index in [-0.39, 0.29) is 30.4 Å². The van der Waals surface area contributed by atoms with Crippen LogP contribution in [-0.2, 0) is 11.2 Å². The highest BCUT2D eigenvalue weighted by Gasteiger charge is 2.14. The number of amides is 1. The Kier molecular flexibility index (Phi) is 5.53. The van der Waals surface area contributed by atoms with Crippen molar-refractivity contribution in [2.45, 2.75) is 6.42 Å². The van der Waals surface area contributed by atoms with Crippen LogP contribution in [-0.4, -0.2) is 15.3 Å². The van der Waals surface area contributed by atoms with Crippen molar-refractivity contribution in [3.8, 4) is 11.3 Å². The molecule has 138 valence electrons. The minimum atomic E-state index is -0.803. The Morgan fingerprint density at radius 2 is 1.93 bits per heavy atom. The van der Waals surface area contributed by atoms with Crippen molar-refractivity contribution in [2.24, 2.45) is 0 Å². The fourth-order valence-electron chi connectivity index (χ4n) is 2.65. The lowest BCUT2D eigenvalue weighted by molar-refractivity contribution is -0.115. The molecule has 0 aliphatic heterocycles. The molecule has 1 amide bonds. The van der Waals surface area contributed by atoms with Crippen LogP contribution in [0.5, 0.6) is 0 Å². The zero-order chi connectivity index (χ0) is 18.1. The number of aromatic nitrogens is 2. The van der Waals surface area contributed by atoms with E-state index in [1.807, 2.05) is 46.3 Å². The van der Waals surface area contributed by atoms with Crippen LogP contribution < -0.4 is 5.32 Å². The van der Waals surface area contributed by atoms with Crippen LogP contribution >= 0.6 is 23.7 Å². The first kappa shape index (κ1) is 19.0. The molecule has 0 bridgehead atoms. The number of hydrogen-bond donors (Lipinski definition) is 1. The molecule has 1 N–H and O–H groups in total. The SMILES string of the molecule is Cl.O=C(Cc1csc2nc(-c3ccccc3)cn12)Nc1ccc(F)cc1F. The van der Waals surface area contributed by atoms with Gasteiger partial charge in [0.25, 0.3) is 0 Å². The van der Waals surface area contributed by atoms with E-state index in [0.717, 1.165) is 34.0 Å². The summed E-state index contributed by atoms with van der Waals surface area (Å²) in [6.07, 6.45) is 1.93. The molecule has 2 aromatic carbocycles. The van der Waals surface area contributed by atoms with Crippen LogP contribution in [0, 0.1) is 11.6 Å². The van der Waals surface area contributed by atoms with Crippen molar-refractivity contribution < 1.29 is 13.6 Å². The molecular formula is C19H14ClF2N3OS. The Balaban J connectivity index is 0.00000210. The summed E-state index contributed by atoms with van der Waals surface area (Å²) in [5, 5.41) is 4.31. The fourth-order valence-corrected chi connectivity index (χ4v) is 3.53. The summed E-state index contributed by atoms with van der Waals surface area (Å²) in [5.41, 5.74) is 2.52. The van der Waals surface area contributed by atoms with Gasteiger partial charge in [-0.25, -0.2) is 13.8 Å². The minimum Gasteiger partial charge on any atom is -0.323 e. The maximum absolute atomic E-state index is 13.7. The molecule has 0 atom stereocenters. The molecule has 2 aromatic heterocycles. The van der Waals surface area contributed by atoms with Gasteiger partial charge < -0.3 is 5.32 Å². The van der Waals surface area contributed by atoms with Gasteiger partial charge in [0, 0.05) is 28.9 Å². The summed E-state index contributed by atoms with van der Waals surface area (Å²) in [6, 6.07) is 12.8. The molecule has 4 nitrogen and oxygen atoms in total. The Morgan fingerprint density at radius 3 is 2.67 bits per heavy atom. The van der Waals surface area contributed by atoms with E-state index in [0.29, 0.717) is 0 Å². The number of imidazole rings is 1. The normalized spacial score (nSPS) is 10.6. The maximum Gasteiger partial charge on any atom is 0.230 e. The quantitative estimate of drug-likeness (QED) is 0.522. The largest absolute Gasteiger partial charge is 0.323 e. The van der Waals surface area contributed by atoms with Gasteiger partial charge in [0.1, 0.15) is 11.6 Å². The molecule has 27 heavy (non-hydrogen) atoms. The summed E-state index contributed by atoms with van der Waals surface area (Å²) >= 11 is 1.43. The third kappa shape index (κ3) is 3.99. The van der Waals surface area contributed by atoms with Gasteiger partial charge >= 0.3 is 0 Å². The number of carbonyl (C=O) groups is 1. The molecule has 0 saturated carbocycles. The number of benzene rings is 2. The maximum atomic E-state index is 13.7. The molecule has 0 saturated heterocycles. The van der Waals surface area contributed by atoms with E-state index in [1.54, 1.807) is 0 Å². The number of anilines is 1. The lowest BCUT2D eigenvalue weighted by Crippen LogP contribution is -2.16. The van der Waals surface area contributed by atoms with E-state index in [4.69, 9.17) is 0 Å². The number of nitrogens with one attached hydrogen (secondary N) is 1. The Hall–Kier alpha value is -2.77. The van der Waals surface area contributed by atoms with Gasteiger partial charge in [0.05, 0.1) is 17.8 Å². The molecule has 8 heteroatoms. The van der Waals surface area contributed by atoms with Crippen molar-refractivity contribution in [1.82, 2.24) is 9.38 Å². The highest BCUT2D eigenvalue weighted by molar-refractivity contribution is 7.15. The van der Waals surface area contributed by atoms with Crippen molar-refractivity contribution in [2.75, 3.05) is 5.32 Å². The standard InChI is InChI=1S/C19H13F2N3OS.ClH/c20-13-6-7-16(15(21)8-13)22-18(25)9-14-11-26-19-23-17(10-24(14)19)12-4-2-1-3-5-12;/h1-8,10-11H,9H2,(H,22,25);1H. The van der Waals surface area contributed by atoms with E-state index in [9.17, 15) is 13.6 Å².